The zero-order valence-corrected chi connectivity index (χ0v) is 22.2. The zero-order chi connectivity index (χ0) is 28.2. The molecule has 0 spiro atoms. The van der Waals surface area contributed by atoms with Crippen molar-refractivity contribution >= 4 is 21.6 Å². The highest BCUT2D eigenvalue weighted by molar-refractivity contribution is 7.90. The molecule has 4 aromatic rings. The van der Waals surface area contributed by atoms with Gasteiger partial charge in [-0.15, -0.1) is 0 Å². The molecule has 0 aliphatic rings. The largest absolute Gasteiger partial charge is 0.384 e. The molecular formula is C28H26N6O4S. The Morgan fingerprint density at radius 2 is 1.92 bits per heavy atom. The van der Waals surface area contributed by atoms with Gasteiger partial charge in [-0.05, 0) is 53.9 Å². The van der Waals surface area contributed by atoms with E-state index in [1.54, 1.807) is 55.5 Å². The lowest BCUT2D eigenvalue weighted by Crippen LogP contribution is -2.24. The van der Waals surface area contributed by atoms with Gasteiger partial charge in [-0.25, -0.2) is 13.4 Å². The summed E-state index contributed by atoms with van der Waals surface area (Å²) < 4.78 is 25.1. The molecule has 0 bridgehead atoms. The van der Waals surface area contributed by atoms with E-state index in [1.165, 1.54) is 12.4 Å². The van der Waals surface area contributed by atoms with Gasteiger partial charge in [-0.1, -0.05) is 18.2 Å². The third-order valence-corrected chi connectivity index (χ3v) is 7.35. The lowest BCUT2D eigenvalue weighted by atomic mass is 10.0. The summed E-state index contributed by atoms with van der Waals surface area (Å²) in [6, 6.07) is 15.3. The number of nitriles is 1. The van der Waals surface area contributed by atoms with Crippen LogP contribution >= 0.6 is 0 Å². The topological polar surface area (TPSA) is 172 Å². The maximum atomic E-state index is 12.9. The minimum atomic E-state index is -3.58. The summed E-state index contributed by atoms with van der Waals surface area (Å²) in [6.45, 7) is 1.89. The Labute approximate surface area is 225 Å². The third kappa shape index (κ3) is 6.55. The molecule has 11 heteroatoms. The number of sulfone groups is 1. The van der Waals surface area contributed by atoms with Crippen molar-refractivity contribution in [3.05, 3.63) is 116 Å². The van der Waals surface area contributed by atoms with Gasteiger partial charge < -0.3 is 16.0 Å². The van der Waals surface area contributed by atoms with Gasteiger partial charge in [0.05, 0.1) is 4.90 Å². The predicted octanol–water partition coefficient (Wildman–Crippen LogP) is 2.44. The van der Waals surface area contributed by atoms with Crippen molar-refractivity contribution in [1.82, 2.24) is 20.3 Å². The van der Waals surface area contributed by atoms with Gasteiger partial charge in [-0.2, -0.15) is 5.26 Å². The van der Waals surface area contributed by atoms with Gasteiger partial charge in [0, 0.05) is 60.4 Å². The number of carbonyl (C=O) groups is 1. The van der Waals surface area contributed by atoms with Crippen molar-refractivity contribution in [2.45, 2.75) is 31.2 Å². The highest BCUT2D eigenvalue weighted by atomic mass is 32.2. The average Bonchev–Trinajstić information content (AvgIpc) is 2.89. The summed E-state index contributed by atoms with van der Waals surface area (Å²) in [4.78, 5) is 36.0. The number of pyridine rings is 3. The number of nitrogens with one attached hydrogen (secondary N) is 2. The molecular weight excluding hydrogens is 516 g/mol. The number of nitrogens with zero attached hydrogens (tertiary/aromatic N) is 3. The van der Waals surface area contributed by atoms with E-state index in [-0.39, 0.29) is 47.3 Å². The second-order valence-corrected chi connectivity index (χ2v) is 11.1. The number of nitrogen functional groups attached to an aromatic ring is 1. The highest BCUT2D eigenvalue weighted by Gasteiger charge is 2.17. The highest BCUT2D eigenvalue weighted by Crippen LogP contribution is 2.22. The number of benzene rings is 1. The molecule has 3 heterocycles. The number of amides is 1. The van der Waals surface area contributed by atoms with Gasteiger partial charge in [-0.3, -0.25) is 14.6 Å². The van der Waals surface area contributed by atoms with Crippen LogP contribution in [-0.2, 0) is 29.2 Å². The van der Waals surface area contributed by atoms with E-state index in [4.69, 9.17) is 5.73 Å². The first-order valence-electron chi connectivity index (χ1n) is 11.9. The zero-order valence-electron chi connectivity index (χ0n) is 21.4. The van der Waals surface area contributed by atoms with E-state index in [0.29, 0.717) is 33.5 Å². The first-order valence-corrected chi connectivity index (χ1v) is 13.8. The van der Waals surface area contributed by atoms with Gasteiger partial charge >= 0.3 is 0 Å². The maximum absolute atomic E-state index is 12.9. The van der Waals surface area contributed by atoms with Crippen molar-refractivity contribution in [2.24, 2.45) is 0 Å². The molecule has 0 atom stereocenters. The molecule has 4 rings (SSSR count). The number of aryl methyl sites for hydroxylation is 1. The van der Waals surface area contributed by atoms with Gasteiger partial charge in [0.2, 0.25) is 0 Å². The monoisotopic (exact) mass is 542 g/mol. The number of aromatic amines is 1. The van der Waals surface area contributed by atoms with E-state index in [9.17, 15) is 23.3 Å². The Kier molecular flexibility index (Phi) is 7.88. The number of aromatic nitrogens is 3. The van der Waals surface area contributed by atoms with E-state index >= 15 is 0 Å². The number of hydrogen-bond donors (Lipinski definition) is 3. The van der Waals surface area contributed by atoms with Crippen LogP contribution in [0.2, 0.25) is 0 Å². The van der Waals surface area contributed by atoms with Crippen LogP contribution in [0.3, 0.4) is 0 Å². The third-order valence-electron chi connectivity index (χ3n) is 6.17. The summed E-state index contributed by atoms with van der Waals surface area (Å²) >= 11 is 0. The van der Waals surface area contributed by atoms with Gasteiger partial charge in [0.1, 0.15) is 17.6 Å². The van der Waals surface area contributed by atoms with Crippen molar-refractivity contribution in [3.8, 4) is 6.07 Å². The normalized spacial score (nSPS) is 11.1. The Morgan fingerprint density at radius 1 is 1.13 bits per heavy atom. The molecule has 10 nitrogen and oxygen atoms in total. The van der Waals surface area contributed by atoms with Crippen molar-refractivity contribution < 1.29 is 13.2 Å². The number of nitrogens with two attached hydrogens (primary N) is 1. The fraction of sp³-hybridized carbons (Fsp3) is 0.179. The molecule has 4 N–H and O–H groups in total. The standard InChI is InChI=1S/C28H26N6O4S/c1-17-10-26(30)34-24(15-29)23(17)16-33-28(36)21-7-9-31-22(14-21)11-18-5-6-19(25(12-18)39(2,37)38)13-20-4-3-8-32-27(20)35/h3-10,12,14H,11,13,16H2,1-2H3,(H2,30,34)(H,32,35)(H,33,36). The second-order valence-electron chi connectivity index (χ2n) is 9.11. The second kappa shape index (κ2) is 11.3. The maximum Gasteiger partial charge on any atom is 0.251 e. The molecule has 0 saturated heterocycles. The number of rotatable bonds is 8. The molecule has 3 aromatic heterocycles. The van der Waals surface area contributed by atoms with Gasteiger partial charge in [0.25, 0.3) is 11.5 Å². The predicted molar refractivity (Wildman–Crippen MR) is 146 cm³/mol. The van der Waals surface area contributed by atoms with E-state index in [1.807, 2.05) is 6.07 Å². The van der Waals surface area contributed by atoms with Crippen LogP contribution in [0.15, 0.2) is 70.6 Å². The smallest absolute Gasteiger partial charge is 0.251 e. The first kappa shape index (κ1) is 27.2. The van der Waals surface area contributed by atoms with Crippen LogP contribution in [-0.4, -0.2) is 35.5 Å². The molecule has 0 aliphatic heterocycles. The van der Waals surface area contributed by atoms with Crippen LogP contribution < -0.4 is 16.6 Å². The van der Waals surface area contributed by atoms with Gasteiger partial charge in [0.15, 0.2) is 9.84 Å². The molecule has 0 unspecified atom stereocenters. The SMILES string of the molecule is Cc1cc(N)nc(C#N)c1CNC(=O)c1ccnc(Cc2ccc(Cc3ccc[nH]c3=O)c(S(C)(=O)=O)c2)c1. The van der Waals surface area contributed by atoms with Crippen LogP contribution in [0.25, 0.3) is 0 Å². The average molecular weight is 543 g/mol. The number of carbonyl (C=O) groups excluding carboxylic acids is 1. The van der Waals surface area contributed by atoms with E-state index < -0.39 is 9.84 Å². The Hall–Kier alpha value is -4.82. The van der Waals surface area contributed by atoms with Crippen LogP contribution in [0.4, 0.5) is 5.82 Å². The number of H-pyrrole nitrogens is 1. The summed E-state index contributed by atoms with van der Waals surface area (Å²) in [7, 11) is -3.58. The van der Waals surface area contributed by atoms with Crippen molar-refractivity contribution in [1.29, 1.82) is 5.26 Å². The quantitative estimate of drug-likeness (QED) is 0.305. The number of anilines is 1. The molecule has 39 heavy (non-hydrogen) atoms. The molecule has 1 amide bonds. The van der Waals surface area contributed by atoms with E-state index in [2.05, 4.69) is 20.3 Å². The summed E-state index contributed by atoms with van der Waals surface area (Å²) in [5, 5.41) is 12.2. The Balaban J connectivity index is 1.53. The first-order chi connectivity index (χ1) is 18.5. The lowest BCUT2D eigenvalue weighted by molar-refractivity contribution is 0.0950. The molecule has 0 fully saturated rings. The Morgan fingerprint density at radius 3 is 2.64 bits per heavy atom. The van der Waals surface area contributed by atoms with Crippen LogP contribution in [0.5, 0.6) is 0 Å². The molecule has 1 aromatic carbocycles. The fourth-order valence-electron chi connectivity index (χ4n) is 4.24. The molecule has 198 valence electrons. The van der Waals surface area contributed by atoms with Crippen LogP contribution in [0.1, 0.15) is 49.6 Å². The fourth-order valence-corrected chi connectivity index (χ4v) is 5.22. The van der Waals surface area contributed by atoms with E-state index in [0.717, 1.165) is 11.8 Å². The molecule has 0 saturated carbocycles. The minimum Gasteiger partial charge on any atom is -0.384 e. The van der Waals surface area contributed by atoms with Crippen molar-refractivity contribution in [2.75, 3.05) is 12.0 Å². The van der Waals surface area contributed by atoms with Crippen LogP contribution in [0, 0.1) is 18.3 Å². The molecule has 0 aliphatic carbocycles. The summed E-state index contributed by atoms with van der Waals surface area (Å²) in [5.74, 6) is -0.127. The summed E-state index contributed by atoms with van der Waals surface area (Å²) in [5.41, 5.74) is 9.52. The number of hydrogen-bond acceptors (Lipinski definition) is 8. The lowest BCUT2D eigenvalue weighted by Gasteiger charge is -2.12. The summed E-state index contributed by atoms with van der Waals surface area (Å²) in [6.07, 6.45) is 4.62. The minimum absolute atomic E-state index is 0.0991. The molecule has 0 radical (unpaired) electrons. The Bertz CT molecular complexity index is 1770. The van der Waals surface area contributed by atoms with Crippen molar-refractivity contribution in [3.63, 3.8) is 0 Å².